The van der Waals surface area contributed by atoms with Gasteiger partial charge in [-0.2, -0.15) is 13.2 Å². The topological polar surface area (TPSA) is 57.2 Å². The molecule has 0 saturated carbocycles. The smallest absolute Gasteiger partial charge is 0.485 e. The first-order valence-electron chi connectivity index (χ1n) is 17.4. The van der Waals surface area contributed by atoms with Gasteiger partial charge >= 0.3 is 5.51 Å². The van der Waals surface area contributed by atoms with Gasteiger partial charge in [-0.15, -0.1) is 0 Å². The molecule has 0 spiro atoms. The molecule has 0 aromatic heterocycles. The molecule has 0 atom stereocenters. The fourth-order valence-corrected chi connectivity index (χ4v) is 10.5. The van der Waals surface area contributed by atoms with Crippen LogP contribution < -0.4 is 0 Å². The largest absolute Gasteiger partial charge is 0.741 e. The molecule has 0 fully saturated rings. The van der Waals surface area contributed by atoms with Gasteiger partial charge in [-0.25, -0.2) is 8.42 Å². The molecule has 0 aromatic carbocycles. The van der Waals surface area contributed by atoms with Crippen molar-refractivity contribution in [3.8, 4) is 0 Å². The van der Waals surface area contributed by atoms with Crippen LogP contribution in [0.25, 0.3) is 0 Å². The Hall–Kier alpha value is 0.130. The third-order valence-corrected chi connectivity index (χ3v) is 13.9. The van der Waals surface area contributed by atoms with Gasteiger partial charge in [0.05, 0.1) is 24.6 Å². The molecule has 41 heavy (non-hydrogen) atoms. The molecule has 0 aromatic rings. The molecule has 3 nitrogen and oxygen atoms in total. The van der Waals surface area contributed by atoms with Crippen molar-refractivity contribution in [2.24, 2.45) is 0 Å². The van der Waals surface area contributed by atoms with E-state index >= 15 is 0 Å². The Labute approximate surface area is 255 Å². The Bertz CT molecular complexity index is 611. The monoisotopic (exact) mass is 632 g/mol. The maximum atomic E-state index is 10.7. The number of hydrogen-bond acceptors (Lipinski definition) is 3. The maximum absolute atomic E-state index is 10.7. The molecular formula is C33H68F3O3PS. The Morgan fingerprint density at radius 1 is 0.439 bits per heavy atom. The SMILES string of the molecule is CCCCCCCCCCCCCC[P+](CCCCCC)(CCCCCC)CCCCCC.O=S(=O)([O-])C(F)(F)F. The minimum absolute atomic E-state index is 0.697. The zero-order valence-corrected chi connectivity index (χ0v) is 29.2. The van der Waals surface area contributed by atoms with Crippen LogP contribution in [0.3, 0.4) is 0 Å². The first kappa shape index (κ1) is 43.3. The van der Waals surface area contributed by atoms with Crippen LogP contribution in [0.5, 0.6) is 0 Å². The molecule has 0 radical (unpaired) electrons. The second-order valence-electron chi connectivity index (χ2n) is 12.2. The molecule has 0 aliphatic rings. The normalized spacial score (nSPS) is 12.4. The number of halogens is 3. The van der Waals surface area contributed by atoms with E-state index in [1.54, 1.807) is 50.3 Å². The van der Waals surface area contributed by atoms with E-state index in [0.29, 0.717) is 0 Å². The van der Waals surface area contributed by atoms with E-state index in [9.17, 15) is 13.2 Å². The predicted octanol–water partition coefficient (Wildman–Crippen LogP) is 12.5. The first-order valence-corrected chi connectivity index (χ1v) is 21.3. The molecule has 0 saturated heterocycles. The average molecular weight is 633 g/mol. The van der Waals surface area contributed by atoms with Crippen LogP contribution in [0.15, 0.2) is 0 Å². The second-order valence-corrected chi connectivity index (χ2v) is 18.1. The quantitative estimate of drug-likeness (QED) is 0.0373. The molecule has 8 heteroatoms. The lowest BCUT2D eigenvalue weighted by Crippen LogP contribution is -2.21. The van der Waals surface area contributed by atoms with E-state index in [0.717, 1.165) is 0 Å². The van der Waals surface area contributed by atoms with Crippen LogP contribution in [0, 0.1) is 0 Å². The van der Waals surface area contributed by atoms with Gasteiger partial charge < -0.3 is 4.55 Å². The van der Waals surface area contributed by atoms with Gasteiger partial charge in [0, 0.05) is 7.26 Å². The summed E-state index contributed by atoms with van der Waals surface area (Å²) in [6, 6.07) is 0. The minimum Gasteiger partial charge on any atom is -0.741 e. The lowest BCUT2D eigenvalue weighted by molar-refractivity contribution is -0.0517. The summed E-state index contributed by atoms with van der Waals surface area (Å²) < 4.78 is 58.9. The third-order valence-electron chi connectivity index (χ3n) is 8.23. The molecule has 0 rings (SSSR count). The van der Waals surface area contributed by atoms with Crippen LogP contribution in [0.1, 0.15) is 182 Å². The molecule has 0 aliphatic heterocycles. The van der Waals surface area contributed by atoms with Crippen molar-refractivity contribution in [2.45, 2.75) is 187 Å². The summed E-state index contributed by atoms with van der Waals surface area (Å²) in [6.45, 7) is 9.41. The molecule has 0 unspecified atom stereocenters. The zero-order chi connectivity index (χ0) is 31.3. The van der Waals surface area contributed by atoms with E-state index < -0.39 is 22.9 Å². The standard InChI is InChI=1S/C32H68P.CHF3O3S/c1-5-9-13-17-18-19-20-21-22-23-24-28-32-33(29-25-14-10-6-2,30-26-15-11-7-3)31-27-16-12-8-4;2-1(3,4)8(5,6)7/h5-32H2,1-4H3;(H,5,6,7)/q+1;/p-1. The van der Waals surface area contributed by atoms with Gasteiger partial charge in [0.1, 0.15) is 0 Å². The van der Waals surface area contributed by atoms with Crippen molar-refractivity contribution in [3.63, 3.8) is 0 Å². The van der Waals surface area contributed by atoms with Gasteiger partial charge in [0.15, 0.2) is 10.1 Å². The van der Waals surface area contributed by atoms with Gasteiger partial charge in [0.25, 0.3) is 0 Å². The molecule has 0 N–H and O–H groups in total. The van der Waals surface area contributed by atoms with Crippen molar-refractivity contribution in [3.05, 3.63) is 0 Å². The van der Waals surface area contributed by atoms with Crippen LogP contribution in [-0.2, 0) is 10.1 Å². The van der Waals surface area contributed by atoms with Crippen LogP contribution >= 0.6 is 7.26 Å². The predicted molar refractivity (Wildman–Crippen MR) is 176 cm³/mol. The van der Waals surface area contributed by atoms with E-state index in [4.69, 9.17) is 13.0 Å². The molecule has 0 amide bonds. The van der Waals surface area contributed by atoms with Crippen LogP contribution in [-0.4, -0.2) is 43.1 Å². The fraction of sp³-hybridized carbons (Fsp3) is 1.00. The van der Waals surface area contributed by atoms with Crippen molar-refractivity contribution >= 4 is 17.4 Å². The summed E-state index contributed by atoms with van der Waals surface area (Å²) in [5.41, 5.74) is -5.65. The Morgan fingerprint density at radius 2 is 0.610 bits per heavy atom. The first-order chi connectivity index (χ1) is 19.5. The highest BCUT2D eigenvalue weighted by molar-refractivity contribution is 7.86. The summed E-state index contributed by atoms with van der Waals surface area (Å²) >= 11 is 0. The zero-order valence-electron chi connectivity index (χ0n) is 27.5. The van der Waals surface area contributed by atoms with Crippen molar-refractivity contribution in [1.82, 2.24) is 0 Å². The van der Waals surface area contributed by atoms with Crippen molar-refractivity contribution < 1.29 is 26.1 Å². The summed E-state index contributed by atoms with van der Waals surface area (Å²) in [7, 11) is -6.79. The molecule has 0 heterocycles. The fourth-order valence-electron chi connectivity index (χ4n) is 5.58. The molecular weight excluding hydrogens is 564 g/mol. The minimum atomic E-state index is -6.09. The van der Waals surface area contributed by atoms with E-state index in [2.05, 4.69) is 27.7 Å². The Balaban J connectivity index is 0. The lowest BCUT2D eigenvalue weighted by atomic mass is 10.1. The molecule has 250 valence electrons. The highest BCUT2D eigenvalue weighted by atomic mass is 32.2. The highest BCUT2D eigenvalue weighted by Gasteiger charge is 2.37. The number of unbranched alkanes of at least 4 members (excludes halogenated alkanes) is 20. The Kier molecular flexibility index (Phi) is 30.5. The second kappa shape index (κ2) is 28.9. The summed E-state index contributed by atoms with van der Waals surface area (Å²) in [4.78, 5) is 0. The summed E-state index contributed by atoms with van der Waals surface area (Å²) in [6.07, 6.45) is 42.1. The van der Waals surface area contributed by atoms with Crippen molar-refractivity contribution in [1.29, 1.82) is 0 Å². The van der Waals surface area contributed by atoms with Gasteiger partial charge in [-0.1, -0.05) is 130 Å². The molecule has 0 aliphatic carbocycles. The van der Waals surface area contributed by atoms with E-state index in [1.807, 2.05) is 0 Å². The number of alkyl halides is 3. The highest BCUT2D eigenvalue weighted by Crippen LogP contribution is 2.61. The van der Waals surface area contributed by atoms with Crippen molar-refractivity contribution in [2.75, 3.05) is 24.6 Å². The van der Waals surface area contributed by atoms with E-state index in [-0.39, 0.29) is 0 Å². The summed E-state index contributed by atoms with van der Waals surface area (Å²) in [5, 5.41) is 0. The Morgan fingerprint density at radius 3 is 0.805 bits per heavy atom. The molecule has 0 bridgehead atoms. The number of rotatable bonds is 28. The van der Waals surface area contributed by atoms with Gasteiger partial charge in [0.2, 0.25) is 0 Å². The number of hydrogen-bond donors (Lipinski definition) is 0. The maximum Gasteiger partial charge on any atom is 0.485 e. The third kappa shape index (κ3) is 28.6. The average Bonchev–Trinajstić information content (AvgIpc) is 2.91. The van der Waals surface area contributed by atoms with Crippen LogP contribution in [0.4, 0.5) is 13.2 Å². The summed E-state index contributed by atoms with van der Waals surface area (Å²) in [5.74, 6) is 0. The van der Waals surface area contributed by atoms with Gasteiger partial charge in [-0.3, -0.25) is 0 Å². The van der Waals surface area contributed by atoms with Crippen LogP contribution in [0.2, 0.25) is 0 Å². The van der Waals surface area contributed by atoms with Gasteiger partial charge in [-0.05, 0) is 51.4 Å². The lowest BCUT2D eigenvalue weighted by Gasteiger charge is -2.28. The van der Waals surface area contributed by atoms with E-state index in [1.165, 1.54) is 128 Å².